The van der Waals surface area contributed by atoms with Crippen molar-refractivity contribution in [3.63, 3.8) is 0 Å². The fourth-order valence-corrected chi connectivity index (χ4v) is 3.41. The summed E-state index contributed by atoms with van der Waals surface area (Å²) in [6, 6.07) is 0.883. The van der Waals surface area contributed by atoms with Crippen LogP contribution in [0.25, 0.3) is 0 Å². The predicted octanol–water partition coefficient (Wildman–Crippen LogP) is 1.71. The third-order valence-electron chi connectivity index (χ3n) is 4.98. The summed E-state index contributed by atoms with van der Waals surface area (Å²) in [4.78, 5) is 7.24. The van der Waals surface area contributed by atoms with Crippen molar-refractivity contribution < 1.29 is 14.2 Å². The standard InChI is InChI=1S/C19H38N4O3.HI/c1-4-20-19(21-7-5-9-24-14-18-6-10-25-15-18)22-12-16(2)23-8-11-26-13-17(23)3;/h16-18H,4-15H2,1-3H3,(H2,20,21,22);1H. The number of hydrogen-bond donors (Lipinski definition) is 2. The van der Waals surface area contributed by atoms with Gasteiger partial charge in [-0.25, -0.2) is 0 Å². The Hall–Kier alpha value is -0.160. The van der Waals surface area contributed by atoms with Crippen molar-refractivity contribution >= 4 is 29.9 Å². The lowest BCUT2D eigenvalue weighted by Gasteiger charge is -2.37. The van der Waals surface area contributed by atoms with E-state index in [1.165, 1.54) is 0 Å². The highest BCUT2D eigenvalue weighted by atomic mass is 127. The van der Waals surface area contributed by atoms with Gasteiger partial charge in [0.15, 0.2) is 5.96 Å². The Labute approximate surface area is 182 Å². The number of nitrogens with zero attached hydrogens (tertiary/aromatic N) is 2. The zero-order valence-electron chi connectivity index (χ0n) is 17.2. The Kier molecular flexibility index (Phi) is 13.6. The number of ether oxygens (including phenoxy) is 3. The Balaban J connectivity index is 0.00000364. The molecule has 2 heterocycles. The van der Waals surface area contributed by atoms with Crippen molar-refractivity contribution in [2.45, 2.75) is 45.7 Å². The Morgan fingerprint density at radius 2 is 2.07 bits per heavy atom. The zero-order valence-corrected chi connectivity index (χ0v) is 19.6. The second kappa shape index (κ2) is 14.8. The van der Waals surface area contributed by atoms with E-state index >= 15 is 0 Å². The van der Waals surface area contributed by atoms with Gasteiger partial charge in [0, 0.05) is 50.8 Å². The lowest BCUT2D eigenvalue weighted by molar-refractivity contribution is -0.0165. The molecule has 0 aromatic rings. The quantitative estimate of drug-likeness (QED) is 0.207. The molecule has 2 rings (SSSR count). The third-order valence-corrected chi connectivity index (χ3v) is 4.98. The van der Waals surface area contributed by atoms with Gasteiger partial charge in [0.1, 0.15) is 0 Å². The van der Waals surface area contributed by atoms with Crippen LogP contribution in [0.2, 0.25) is 0 Å². The van der Waals surface area contributed by atoms with Gasteiger partial charge in [-0.1, -0.05) is 0 Å². The molecule has 0 aromatic heterocycles. The SMILES string of the molecule is CCNC(=NCC(C)N1CCOCC1C)NCCCOCC1CCOC1.I. The number of aliphatic imine (C=N–C) groups is 1. The first kappa shape index (κ1) is 24.9. The second-order valence-corrected chi connectivity index (χ2v) is 7.32. The molecule has 27 heavy (non-hydrogen) atoms. The second-order valence-electron chi connectivity index (χ2n) is 7.32. The Morgan fingerprint density at radius 1 is 1.26 bits per heavy atom. The number of nitrogens with one attached hydrogen (secondary N) is 2. The molecule has 2 fully saturated rings. The molecule has 2 N–H and O–H groups in total. The molecule has 0 bridgehead atoms. The van der Waals surface area contributed by atoms with Crippen molar-refractivity contribution in [3.05, 3.63) is 0 Å². The average molecular weight is 498 g/mol. The van der Waals surface area contributed by atoms with E-state index in [1.807, 2.05) is 0 Å². The molecule has 160 valence electrons. The molecule has 7 nitrogen and oxygen atoms in total. The molecule has 3 unspecified atom stereocenters. The van der Waals surface area contributed by atoms with E-state index in [1.54, 1.807) is 0 Å². The van der Waals surface area contributed by atoms with Gasteiger partial charge in [-0.3, -0.25) is 9.89 Å². The highest BCUT2D eigenvalue weighted by molar-refractivity contribution is 14.0. The van der Waals surface area contributed by atoms with Gasteiger partial charge >= 0.3 is 0 Å². The van der Waals surface area contributed by atoms with Crippen LogP contribution in [0.15, 0.2) is 4.99 Å². The van der Waals surface area contributed by atoms with Crippen LogP contribution >= 0.6 is 24.0 Å². The van der Waals surface area contributed by atoms with Gasteiger partial charge in [-0.05, 0) is 33.6 Å². The van der Waals surface area contributed by atoms with Crippen LogP contribution in [0.3, 0.4) is 0 Å². The highest BCUT2D eigenvalue weighted by Gasteiger charge is 2.23. The summed E-state index contributed by atoms with van der Waals surface area (Å²) in [6.07, 6.45) is 2.11. The van der Waals surface area contributed by atoms with Crippen LogP contribution in [-0.2, 0) is 14.2 Å². The van der Waals surface area contributed by atoms with Gasteiger partial charge in [-0.2, -0.15) is 0 Å². The Morgan fingerprint density at radius 3 is 2.78 bits per heavy atom. The summed E-state index contributed by atoms with van der Waals surface area (Å²) in [5.41, 5.74) is 0. The molecule has 8 heteroatoms. The molecular formula is C19H39IN4O3. The molecule has 2 aliphatic rings. The molecule has 0 aliphatic carbocycles. The molecule has 3 atom stereocenters. The highest BCUT2D eigenvalue weighted by Crippen LogP contribution is 2.12. The normalized spacial score (nSPS) is 25.1. The van der Waals surface area contributed by atoms with Crippen molar-refractivity contribution in [2.75, 3.05) is 65.8 Å². The molecule has 0 spiro atoms. The number of morpholine rings is 1. The van der Waals surface area contributed by atoms with Gasteiger partial charge in [-0.15, -0.1) is 24.0 Å². The lowest BCUT2D eigenvalue weighted by atomic mass is 10.1. The summed E-state index contributed by atoms with van der Waals surface area (Å²) in [6.45, 7) is 15.1. The number of halogens is 1. The predicted molar refractivity (Wildman–Crippen MR) is 120 cm³/mol. The van der Waals surface area contributed by atoms with Crippen molar-refractivity contribution in [1.29, 1.82) is 0 Å². The maximum atomic E-state index is 5.75. The molecule has 0 saturated carbocycles. The fraction of sp³-hybridized carbons (Fsp3) is 0.947. The summed E-state index contributed by atoms with van der Waals surface area (Å²) < 4.78 is 16.6. The summed E-state index contributed by atoms with van der Waals surface area (Å²) >= 11 is 0. The van der Waals surface area contributed by atoms with E-state index in [9.17, 15) is 0 Å². The monoisotopic (exact) mass is 498 g/mol. The van der Waals surface area contributed by atoms with Gasteiger partial charge < -0.3 is 24.8 Å². The van der Waals surface area contributed by atoms with Crippen molar-refractivity contribution in [3.8, 4) is 0 Å². The minimum Gasteiger partial charge on any atom is -0.381 e. The van der Waals surface area contributed by atoms with Gasteiger partial charge in [0.05, 0.1) is 33.0 Å². The van der Waals surface area contributed by atoms with Crippen LogP contribution in [0, 0.1) is 5.92 Å². The van der Waals surface area contributed by atoms with Crippen LogP contribution in [0.4, 0.5) is 0 Å². The fourth-order valence-electron chi connectivity index (χ4n) is 3.41. The lowest BCUT2D eigenvalue weighted by Crippen LogP contribution is -2.49. The molecule has 0 aromatic carbocycles. The van der Waals surface area contributed by atoms with Crippen LogP contribution in [0.1, 0.15) is 33.6 Å². The molecular weight excluding hydrogens is 459 g/mol. The maximum Gasteiger partial charge on any atom is 0.191 e. The van der Waals surface area contributed by atoms with Crippen LogP contribution < -0.4 is 10.6 Å². The van der Waals surface area contributed by atoms with E-state index in [0.717, 1.165) is 84.6 Å². The van der Waals surface area contributed by atoms with E-state index in [0.29, 0.717) is 18.0 Å². The van der Waals surface area contributed by atoms with E-state index < -0.39 is 0 Å². The first-order valence-corrected chi connectivity index (χ1v) is 10.2. The third kappa shape index (κ3) is 9.74. The maximum absolute atomic E-state index is 5.75. The minimum absolute atomic E-state index is 0. The molecule has 2 saturated heterocycles. The zero-order chi connectivity index (χ0) is 18.6. The average Bonchev–Trinajstić information content (AvgIpc) is 3.16. The van der Waals surface area contributed by atoms with Crippen LogP contribution in [0.5, 0.6) is 0 Å². The number of hydrogen-bond acceptors (Lipinski definition) is 5. The Bertz CT molecular complexity index is 408. The van der Waals surface area contributed by atoms with E-state index in [2.05, 4.69) is 36.3 Å². The summed E-state index contributed by atoms with van der Waals surface area (Å²) in [5, 5.41) is 6.74. The van der Waals surface area contributed by atoms with Crippen molar-refractivity contribution in [2.24, 2.45) is 10.9 Å². The van der Waals surface area contributed by atoms with Gasteiger partial charge in [0.25, 0.3) is 0 Å². The summed E-state index contributed by atoms with van der Waals surface area (Å²) in [7, 11) is 0. The largest absolute Gasteiger partial charge is 0.381 e. The number of guanidine groups is 1. The molecule has 2 aliphatic heterocycles. The van der Waals surface area contributed by atoms with Crippen molar-refractivity contribution in [1.82, 2.24) is 15.5 Å². The topological polar surface area (TPSA) is 67.4 Å². The van der Waals surface area contributed by atoms with E-state index in [4.69, 9.17) is 19.2 Å². The van der Waals surface area contributed by atoms with Crippen LogP contribution in [-0.4, -0.2) is 88.8 Å². The minimum atomic E-state index is 0. The molecule has 0 radical (unpaired) electrons. The molecule has 0 amide bonds. The first-order chi connectivity index (χ1) is 12.7. The first-order valence-electron chi connectivity index (χ1n) is 10.2. The van der Waals surface area contributed by atoms with Gasteiger partial charge in [0.2, 0.25) is 0 Å². The van der Waals surface area contributed by atoms with E-state index in [-0.39, 0.29) is 24.0 Å². The number of rotatable bonds is 10. The summed E-state index contributed by atoms with van der Waals surface area (Å²) in [5.74, 6) is 1.48. The smallest absolute Gasteiger partial charge is 0.191 e.